The quantitative estimate of drug-likeness (QED) is 0.842. The zero-order valence-corrected chi connectivity index (χ0v) is 11.8. The van der Waals surface area contributed by atoms with Crippen LogP contribution in [0.5, 0.6) is 5.88 Å². The molecule has 1 aliphatic heterocycles. The Bertz CT molecular complexity index is 412. The fraction of sp³-hybridized carbons (Fsp3) is 0.692. The Balaban J connectivity index is 2.22. The Morgan fingerprint density at radius 3 is 3.11 bits per heavy atom. The molecule has 2 rings (SSSR count). The summed E-state index contributed by atoms with van der Waals surface area (Å²) in [4.78, 5) is 11.1. The number of nitrogens with one attached hydrogen (secondary N) is 1. The van der Waals surface area contributed by atoms with Crippen LogP contribution in [-0.2, 0) is 4.74 Å². The van der Waals surface area contributed by atoms with E-state index in [2.05, 4.69) is 20.2 Å². The summed E-state index contributed by atoms with van der Waals surface area (Å²) in [5.74, 6) is 2.29. The van der Waals surface area contributed by atoms with Crippen molar-refractivity contribution in [1.29, 1.82) is 0 Å². The summed E-state index contributed by atoms with van der Waals surface area (Å²) in [6.45, 7) is 7.61. The van der Waals surface area contributed by atoms with Gasteiger partial charge in [0.25, 0.3) is 0 Å². The number of likely N-dealkylation sites (N-methyl/N-ethyl adjacent to an activating group) is 1. The number of hydrogen-bond acceptors (Lipinski definition) is 6. The molecular weight excluding hydrogens is 244 g/mol. The molecule has 1 N–H and O–H groups in total. The molecule has 0 aliphatic carbocycles. The van der Waals surface area contributed by atoms with Crippen molar-refractivity contribution in [1.82, 2.24) is 15.3 Å². The third-order valence-corrected chi connectivity index (χ3v) is 3.05. The maximum Gasteiger partial charge on any atom is 0.218 e. The second-order valence-corrected chi connectivity index (χ2v) is 4.52. The van der Waals surface area contributed by atoms with Crippen molar-refractivity contribution >= 4 is 5.82 Å². The zero-order chi connectivity index (χ0) is 13.7. The van der Waals surface area contributed by atoms with Crippen molar-refractivity contribution < 1.29 is 9.47 Å². The highest BCUT2D eigenvalue weighted by molar-refractivity contribution is 5.43. The third-order valence-electron chi connectivity index (χ3n) is 3.05. The first-order chi connectivity index (χ1) is 9.24. The maximum atomic E-state index is 5.54. The van der Waals surface area contributed by atoms with Crippen LogP contribution < -0.4 is 15.0 Å². The van der Waals surface area contributed by atoms with E-state index in [0.717, 1.165) is 31.3 Å². The lowest BCUT2D eigenvalue weighted by molar-refractivity contribution is 0.0938. The molecule has 2 heterocycles. The molecule has 0 amide bonds. The number of ether oxygens (including phenoxy) is 2. The van der Waals surface area contributed by atoms with E-state index in [1.165, 1.54) is 0 Å². The zero-order valence-electron chi connectivity index (χ0n) is 11.8. The largest absolute Gasteiger partial charge is 0.478 e. The number of morpholine rings is 1. The molecule has 1 atom stereocenters. The molecule has 1 aromatic heterocycles. The van der Waals surface area contributed by atoms with Crippen molar-refractivity contribution in [2.75, 3.05) is 44.9 Å². The highest BCUT2D eigenvalue weighted by atomic mass is 16.5. The number of hydrogen-bond donors (Lipinski definition) is 1. The predicted octanol–water partition coefficient (Wildman–Crippen LogP) is 0.608. The number of aromatic nitrogens is 2. The molecule has 0 spiro atoms. The number of nitrogens with zero attached hydrogens (tertiary/aromatic N) is 3. The standard InChI is InChI=1S/C13H22N4O2/c1-4-19-13-7-12(15-10(2)16-13)17-5-6-18-9-11(17)8-14-3/h7,11,14H,4-6,8-9H2,1-3H3. The third kappa shape index (κ3) is 3.54. The van der Waals surface area contributed by atoms with Crippen molar-refractivity contribution in [3.05, 3.63) is 11.9 Å². The van der Waals surface area contributed by atoms with E-state index in [-0.39, 0.29) is 0 Å². The van der Waals surface area contributed by atoms with Crippen molar-refractivity contribution in [2.24, 2.45) is 0 Å². The molecule has 6 heteroatoms. The van der Waals surface area contributed by atoms with E-state index in [1.807, 2.05) is 27.0 Å². The van der Waals surface area contributed by atoms with Gasteiger partial charge in [-0.05, 0) is 20.9 Å². The highest BCUT2D eigenvalue weighted by Gasteiger charge is 2.24. The molecular formula is C13H22N4O2. The summed E-state index contributed by atoms with van der Waals surface area (Å²) in [7, 11) is 1.95. The van der Waals surface area contributed by atoms with Crippen LogP contribution in [0.1, 0.15) is 12.7 Å². The lowest BCUT2D eigenvalue weighted by Gasteiger charge is -2.36. The van der Waals surface area contributed by atoms with E-state index >= 15 is 0 Å². The van der Waals surface area contributed by atoms with Crippen molar-refractivity contribution in [3.63, 3.8) is 0 Å². The van der Waals surface area contributed by atoms with Gasteiger partial charge in [0, 0.05) is 19.2 Å². The maximum absolute atomic E-state index is 5.54. The van der Waals surface area contributed by atoms with Gasteiger partial charge in [-0.2, -0.15) is 4.98 Å². The monoisotopic (exact) mass is 266 g/mol. The Hall–Kier alpha value is -1.40. The Labute approximate surface area is 114 Å². The molecule has 1 saturated heterocycles. The number of rotatable bonds is 5. The molecule has 0 bridgehead atoms. The molecule has 6 nitrogen and oxygen atoms in total. The molecule has 1 fully saturated rings. The van der Waals surface area contributed by atoms with Gasteiger partial charge >= 0.3 is 0 Å². The summed E-state index contributed by atoms with van der Waals surface area (Å²) in [5, 5.41) is 3.20. The first kappa shape index (κ1) is 14.0. The second-order valence-electron chi connectivity index (χ2n) is 4.52. The summed E-state index contributed by atoms with van der Waals surface area (Å²) in [6.07, 6.45) is 0. The Morgan fingerprint density at radius 1 is 1.53 bits per heavy atom. The van der Waals surface area contributed by atoms with Gasteiger partial charge in [0.05, 0.1) is 25.9 Å². The van der Waals surface area contributed by atoms with E-state index < -0.39 is 0 Å². The topological polar surface area (TPSA) is 59.5 Å². The van der Waals surface area contributed by atoms with Crippen LogP contribution in [0.15, 0.2) is 6.07 Å². The highest BCUT2D eigenvalue weighted by Crippen LogP contribution is 2.21. The van der Waals surface area contributed by atoms with Gasteiger partial charge < -0.3 is 19.7 Å². The van der Waals surface area contributed by atoms with Crippen molar-refractivity contribution in [2.45, 2.75) is 19.9 Å². The summed E-state index contributed by atoms with van der Waals surface area (Å²) in [5.41, 5.74) is 0. The minimum Gasteiger partial charge on any atom is -0.478 e. The normalized spacial score (nSPS) is 19.5. The molecule has 1 unspecified atom stereocenters. The molecule has 19 heavy (non-hydrogen) atoms. The molecule has 1 aromatic rings. The molecule has 0 saturated carbocycles. The smallest absolute Gasteiger partial charge is 0.218 e. The number of aryl methyl sites for hydroxylation is 1. The van der Waals surface area contributed by atoms with Gasteiger partial charge in [0.2, 0.25) is 5.88 Å². The van der Waals surface area contributed by atoms with Crippen LogP contribution >= 0.6 is 0 Å². The molecule has 106 valence electrons. The fourth-order valence-electron chi connectivity index (χ4n) is 2.26. The van der Waals surface area contributed by atoms with E-state index in [1.54, 1.807) is 0 Å². The van der Waals surface area contributed by atoms with Crippen LogP contribution in [0.4, 0.5) is 5.82 Å². The average molecular weight is 266 g/mol. The first-order valence-electron chi connectivity index (χ1n) is 6.72. The van der Waals surface area contributed by atoms with Gasteiger partial charge in [-0.3, -0.25) is 0 Å². The minimum absolute atomic E-state index is 0.294. The van der Waals surface area contributed by atoms with Crippen LogP contribution in [-0.4, -0.2) is 56.0 Å². The number of anilines is 1. The van der Waals surface area contributed by atoms with Crippen LogP contribution in [0.3, 0.4) is 0 Å². The summed E-state index contributed by atoms with van der Waals surface area (Å²) >= 11 is 0. The lowest BCUT2D eigenvalue weighted by Crippen LogP contribution is -2.50. The lowest BCUT2D eigenvalue weighted by atomic mass is 10.2. The fourth-order valence-corrected chi connectivity index (χ4v) is 2.26. The SMILES string of the molecule is CCOc1cc(N2CCOCC2CNC)nc(C)n1. The van der Waals surface area contributed by atoms with Gasteiger partial charge in [-0.1, -0.05) is 0 Å². The van der Waals surface area contributed by atoms with Crippen molar-refractivity contribution in [3.8, 4) is 5.88 Å². The second kappa shape index (κ2) is 6.68. The molecule has 0 aromatic carbocycles. The Kier molecular flexibility index (Phi) is 4.93. The van der Waals surface area contributed by atoms with Crippen LogP contribution in [0.25, 0.3) is 0 Å². The Morgan fingerprint density at radius 2 is 2.37 bits per heavy atom. The van der Waals surface area contributed by atoms with Gasteiger partial charge in [-0.25, -0.2) is 4.98 Å². The average Bonchev–Trinajstić information content (AvgIpc) is 2.39. The van der Waals surface area contributed by atoms with Crippen LogP contribution in [0.2, 0.25) is 0 Å². The van der Waals surface area contributed by atoms with Gasteiger partial charge in [0.1, 0.15) is 11.6 Å². The van der Waals surface area contributed by atoms with E-state index in [4.69, 9.17) is 9.47 Å². The molecule has 0 radical (unpaired) electrons. The summed E-state index contributed by atoms with van der Waals surface area (Å²) in [6, 6.07) is 2.20. The summed E-state index contributed by atoms with van der Waals surface area (Å²) < 4.78 is 11.0. The predicted molar refractivity (Wildman–Crippen MR) is 73.8 cm³/mol. The first-order valence-corrected chi connectivity index (χ1v) is 6.72. The van der Waals surface area contributed by atoms with Gasteiger partial charge in [0.15, 0.2) is 0 Å². The van der Waals surface area contributed by atoms with E-state index in [9.17, 15) is 0 Å². The van der Waals surface area contributed by atoms with Gasteiger partial charge in [-0.15, -0.1) is 0 Å². The minimum atomic E-state index is 0.294. The molecule has 1 aliphatic rings. The van der Waals surface area contributed by atoms with Crippen LogP contribution in [0, 0.1) is 6.92 Å². The van der Waals surface area contributed by atoms with E-state index in [0.29, 0.717) is 25.1 Å².